The van der Waals surface area contributed by atoms with E-state index in [1.165, 1.54) is 18.4 Å². The molecule has 1 aromatic carbocycles. The highest BCUT2D eigenvalue weighted by Crippen LogP contribution is 2.17. The molecule has 1 unspecified atom stereocenters. The molecule has 0 fully saturated rings. The van der Waals surface area contributed by atoms with E-state index in [9.17, 15) is 9.18 Å². The van der Waals surface area contributed by atoms with Crippen LogP contribution < -0.4 is 0 Å². The predicted octanol–water partition coefficient (Wildman–Crippen LogP) is 3.95. The van der Waals surface area contributed by atoms with Crippen molar-refractivity contribution in [1.29, 1.82) is 0 Å². The summed E-state index contributed by atoms with van der Waals surface area (Å²) in [6, 6.07) is 9.26. The van der Waals surface area contributed by atoms with Crippen molar-refractivity contribution in [3.05, 3.63) is 60.1 Å². The first-order valence-electron chi connectivity index (χ1n) is 8.51. The summed E-state index contributed by atoms with van der Waals surface area (Å²) in [6.45, 7) is 4.44. The zero-order valence-electron chi connectivity index (χ0n) is 14.7. The Morgan fingerprint density at radius 1 is 1.27 bits per heavy atom. The van der Waals surface area contributed by atoms with Gasteiger partial charge < -0.3 is 13.8 Å². The van der Waals surface area contributed by atoms with Gasteiger partial charge in [-0.1, -0.05) is 12.1 Å². The quantitative estimate of drug-likeness (QED) is 0.640. The summed E-state index contributed by atoms with van der Waals surface area (Å²) in [7, 11) is 0. The zero-order chi connectivity index (χ0) is 18.5. The summed E-state index contributed by atoms with van der Waals surface area (Å²) in [5.41, 5.74) is 0.673. The maximum Gasteiger partial charge on any atom is 0.289 e. The minimum atomic E-state index is -0.321. The number of benzene rings is 1. The van der Waals surface area contributed by atoms with Crippen LogP contribution in [-0.2, 0) is 6.42 Å². The first kappa shape index (κ1) is 17.8. The molecule has 2 heterocycles. The van der Waals surface area contributed by atoms with Crippen molar-refractivity contribution >= 4 is 5.91 Å². The number of hydrogen-bond acceptors (Lipinski definition) is 5. The second kappa shape index (κ2) is 7.95. The summed E-state index contributed by atoms with van der Waals surface area (Å²) < 4.78 is 23.5. The van der Waals surface area contributed by atoms with Gasteiger partial charge in [0.15, 0.2) is 5.76 Å². The Kier molecular flexibility index (Phi) is 5.46. The van der Waals surface area contributed by atoms with Crippen LogP contribution >= 0.6 is 0 Å². The third-order valence-corrected chi connectivity index (χ3v) is 4.25. The Hall–Kier alpha value is -2.96. The van der Waals surface area contributed by atoms with Crippen molar-refractivity contribution in [2.45, 2.75) is 32.7 Å². The van der Waals surface area contributed by atoms with E-state index < -0.39 is 0 Å². The summed E-state index contributed by atoms with van der Waals surface area (Å²) in [5, 5.41) is 3.92. The first-order valence-corrected chi connectivity index (χ1v) is 8.51. The van der Waals surface area contributed by atoms with Crippen LogP contribution in [0, 0.1) is 5.82 Å². The fourth-order valence-corrected chi connectivity index (χ4v) is 2.57. The van der Waals surface area contributed by atoms with Crippen LogP contribution in [0.2, 0.25) is 0 Å². The number of carbonyl (C=O) groups is 1. The van der Waals surface area contributed by atoms with Gasteiger partial charge >= 0.3 is 0 Å². The number of hydrogen-bond donors (Lipinski definition) is 0. The second-order valence-electron chi connectivity index (χ2n) is 6.00. The molecule has 6 nitrogen and oxygen atoms in total. The van der Waals surface area contributed by atoms with Crippen LogP contribution in [0.25, 0.3) is 11.4 Å². The maximum atomic E-state index is 13.0. The molecule has 0 saturated carbocycles. The third-order valence-electron chi connectivity index (χ3n) is 4.25. The lowest BCUT2D eigenvalue weighted by Gasteiger charge is -2.27. The maximum absolute atomic E-state index is 13.0. The molecule has 0 aliphatic heterocycles. The van der Waals surface area contributed by atoms with Gasteiger partial charge in [0.1, 0.15) is 5.82 Å². The Morgan fingerprint density at radius 2 is 2.04 bits per heavy atom. The molecular formula is C19H20FN3O3. The topological polar surface area (TPSA) is 72.4 Å². The molecular weight excluding hydrogens is 337 g/mol. The number of nitrogens with zero attached hydrogens (tertiary/aromatic N) is 3. The second-order valence-corrected chi connectivity index (χ2v) is 6.00. The van der Waals surface area contributed by atoms with Gasteiger partial charge in [0.2, 0.25) is 11.7 Å². The van der Waals surface area contributed by atoms with E-state index in [4.69, 9.17) is 8.94 Å². The predicted molar refractivity (Wildman–Crippen MR) is 92.9 cm³/mol. The summed E-state index contributed by atoms with van der Waals surface area (Å²) in [4.78, 5) is 18.7. The lowest BCUT2D eigenvalue weighted by molar-refractivity contribution is 0.0654. The van der Waals surface area contributed by atoms with Crippen molar-refractivity contribution in [3.8, 4) is 11.4 Å². The largest absolute Gasteiger partial charge is 0.459 e. The van der Waals surface area contributed by atoms with Gasteiger partial charge in [-0.25, -0.2) is 4.39 Å². The van der Waals surface area contributed by atoms with Crippen LogP contribution in [-0.4, -0.2) is 33.5 Å². The SMILES string of the molecule is CCC(C)N(CCc1nc(-c2ccc(F)cc2)no1)C(=O)c1ccco1. The summed E-state index contributed by atoms with van der Waals surface area (Å²) >= 11 is 0. The van der Waals surface area contributed by atoms with E-state index in [1.807, 2.05) is 13.8 Å². The number of rotatable bonds is 7. The highest BCUT2D eigenvalue weighted by atomic mass is 19.1. The number of halogens is 1. The molecule has 0 bridgehead atoms. The molecule has 1 amide bonds. The van der Waals surface area contributed by atoms with Crippen LogP contribution in [0.15, 0.2) is 51.6 Å². The van der Waals surface area contributed by atoms with Crippen LogP contribution in [0.4, 0.5) is 4.39 Å². The molecule has 0 N–H and O–H groups in total. The van der Waals surface area contributed by atoms with Gasteiger partial charge in [-0.2, -0.15) is 4.98 Å². The highest BCUT2D eigenvalue weighted by molar-refractivity contribution is 5.91. The normalized spacial score (nSPS) is 12.1. The third kappa shape index (κ3) is 3.99. The Bertz CT molecular complexity index is 843. The van der Waals surface area contributed by atoms with E-state index in [1.54, 1.807) is 29.2 Å². The number of furan rings is 1. The molecule has 0 aliphatic rings. The average Bonchev–Trinajstić information content (AvgIpc) is 3.34. The molecule has 0 radical (unpaired) electrons. The van der Waals surface area contributed by atoms with Crippen molar-refractivity contribution in [1.82, 2.24) is 15.0 Å². The monoisotopic (exact) mass is 357 g/mol. The minimum absolute atomic E-state index is 0.0482. The Morgan fingerprint density at radius 3 is 2.69 bits per heavy atom. The molecule has 0 aliphatic carbocycles. The highest BCUT2D eigenvalue weighted by Gasteiger charge is 2.23. The smallest absolute Gasteiger partial charge is 0.289 e. The van der Waals surface area contributed by atoms with Gasteiger partial charge in [-0.05, 0) is 49.7 Å². The van der Waals surface area contributed by atoms with Gasteiger partial charge in [-0.3, -0.25) is 4.79 Å². The molecule has 136 valence electrons. The van der Waals surface area contributed by atoms with Crippen molar-refractivity contribution in [2.24, 2.45) is 0 Å². The summed E-state index contributed by atoms with van der Waals surface area (Å²) in [5.74, 6) is 0.640. The molecule has 0 spiro atoms. The number of aromatic nitrogens is 2. The molecule has 3 rings (SSSR count). The first-order chi connectivity index (χ1) is 12.6. The van der Waals surface area contributed by atoms with Crippen LogP contribution in [0.3, 0.4) is 0 Å². The lowest BCUT2D eigenvalue weighted by atomic mass is 10.2. The van der Waals surface area contributed by atoms with E-state index in [0.717, 1.165) is 6.42 Å². The Balaban J connectivity index is 1.69. The molecule has 2 aromatic heterocycles. The van der Waals surface area contributed by atoms with E-state index >= 15 is 0 Å². The fraction of sp³-hybridized carbons (Fsp3) is 0.316. The average molecular weight is 357 g/mol. The van der Waals surface area contributed by atoms with Gasteiger partial charge in [0.05, 0.1) is 6.26 Å². The van der Waals surface area contributed by atoms with Gasteiger partial charge in [0, 0.05) is 24.6 Å². The van der Waals surface area contributed by atoms with Crippen LogP contribution in [0.5, 0.6) is 0 Å². The minimum Gasteiger partial charge on any atom is -0.459 e. The standard InChI is InChI=1S/C19H20FN3O3/c1-3-13(2)23(19(24)16-5-4-12-25-16)11-10-17-21-18(22-26-17)14-6-8-15(20)9-7-14/h4-9,12-13H,3,10-11H2,1-2H3. The van der Waals surface area contributed by atoms with Crippen molar-refractivity contribution in [3.63, 3.8) is 0 Å². The van der Waals surface area contributed by atoms with Crippen molar-refractivity contribution < 1.29 is 18.1 Å². The molecule has 3 aromatic rings. The fourth-order valence-electron chi connectivity index (χ4n) is 2.57. The molecule has 26 heavy (non-hydrogen) atoms. The lowest BCUT2D eigenvalue weighted by Crippen LogP contribution is -2.39. The van der Waals surface area contributed by atoms with Gasteiger partial charge in [-0.15, -0.1) is 0 Å². The number of amides is 1. The summed E-state index contributed by atoms with van der Waals surface area (Å²) in [6.07, 6.45) is 2.72. The Labute approximate surface area is 150 Å². The van der Waals surface area contributed by atoms with Crippen molar-refractivity contribution in [2.75, 3.05) is 6.54 Å². The van der Waals surface area contributed by atoms with E-state index in [0.29, 0.717) is 36.0 Å². The van der Waals surface area contributed by atoms with Gasteiger partial charge in [0.25, 0.3) is 5.91 Å². The zero-order valence-corrected chi connectivity index (χ0v) is 14.7. The molecule has 7 heteroatoms. The van der Waals surface area contributed by atoms with E-state index in [2.05, 4.69) is 10.1 Å². The van der Waals surface area contributed by atoms with Crippen LogP contribution in [0.1, 0.15) is 36.7 Å². The molecule has 0 saturated heterocycles. The molecule has 1 atom stereocenters. The van der Waals surface area contributed by atoms with E-state index in [-0.39, 0.29) is 17.8 Å². The number of carbonyl (C=O) groups excluding carboxylic acids is 1.